The lowest BCUT2D eigenvalue weighted by atomic mass is 9.74. The maximum atomic E-state index is 8.97. The van der Waals surface area contributed by atoms with Crippen molar-refractivity contribution in [1.29, 1.82) is 0 Å². The first-order chi connectivity index (χ1) is 14.7. The fraction of sp³-hybridized carbons (Fsp3) is 0.864. The molecule has 1 aliphatic rings. The van der Waals surface area contributed by atoms with Gasteiger partial charge in [-0.1, -0.05) is 12.8 Å². The van der Waals surface area contributed by atoms with E-state index in [1.54, 1.807) is 0 Å². The van der Waals surface area contributed by atoms with Gasteiger partial charge >= 0.3 is 0 Å². The molecular formula is C22H43N7O2. The molecule has 0 unspecified atom stereocenters. The maximum Gasteiger partial charge on any atom is 0.229 e. The van der Waals surface area contributed by atoms with Crippen LogP contribution in [0.3, 0.4) is 0 Å². The van der Waals surface area contributed by atoms with Crippen LogP contribution >= 0.6 is 0 Å². The predicted octanol–water partition coefficient (Wildman–Crippen LogP) is 2.60. The maximum absolute atomic E-state index is 8.97. The Morgan fingerprint density at radius 1 is 0.742 bits per heavy atom. The van der Waals surface area contributed by atoms with E-state index in [-0.39, 0.29) is 24.3 Å². The van der Waals surface area contributed by atoms with Crippen molar-refractivity contribution in [2.24, 2.45) is 5.92 Å². The summed E-state index contributed by atoms with van der Waals surface area (Å²) in [6.07, 6.45) is 7.20. The first kappa shape index (κ1) is 25.5. The highest BCUT2D eigenvalue weighted by molar-refractivity contribution is 5.42. The third-order valence-corrected chi connectivity index (χ3v) is 5.47. The number of hydrogen-bond donors (Lipinski definition) is 6. The van der Waals surface area contributed by atoms with E-state index in [4.69, 9.17) is 10.2 Å². The van der Waals surface area contributed by atoms with Crippen molar-refractivity contribution in [3.63, 3.8) is 0 Å². The second kappa shape index (κ2) is 12.4. The molecule has 0 bridgehead atoms. The van der Waals surface area contributed by atoms with Crippen LogP contribution in [0.25, 0.3) is 0 Å². The molecule has 1 aromatic rings. The summed E-state index contributed by atoms with van der Waals surface area (Å²) in [5, 5.41) is 31.3. The third kappa shape index (κ3) is 9.97. The topological polar surface area (TPSA) is 127 Å². The molecule has 0 spiro atoms. The minimum absolute atomic E-state index is 0.121. The van der Waals surface area contributed by atoms with Gasteiger partial charge in [0.05, 0.1) is 0 Å². The van der Waals surface area contributed by atoms with Gasteiger partial charge in [-0.05, 0) is 65.7 Å². The monoisotopic (exact) mass is 437 g/mol. The smallest absolute Gasteiger partial charge is 0.229 e. The van der Waals surface area contributed by atoms with E-state index in [0.717, 1.165) is 18.9 Å². The molecule has 2 heterocycles. The zero-order valence-electron chi connectivity index (χ0n) is 19.8. The molecule has 178 valence electrons. The summed E-state index contributed by atoms with van der Waals surface area (Å²) in [5.74, 6) is 2.26. The molecule has 6 N–H and O–H groups in total. The average molecular weight is 438 g/mol. The number of aliphatic hydroxyl groups is 2. The Balaban J connectivity index is 1.81. The van der Waals surface area contributed by atoms with Crippen LogP contribution in [-0.4, -0.2) is 69.1 Å². The number of rotatable bonds is 14. The average Bonchev–Trinajstić information content (AvgIpc) is 2.66. The highest BCUT2D eigenvalue weighted by Gasteiger charge is 2.37. The Bertz CT molecular complexity index is 610. The van der Waals surface area contributed by atoms with E-state index in [0.29, 0.717) is 43.8 Å². The first-order valence-corrected chi connectivity index (χ1v) is 11.7. The summed E-state index contributed by atoms with van der Waals surface area (Å²) in [4.78, 5) is 13.2. The molecule has 9 nitrogen and oxygen atoms in total. The van der Waals surface area contributed by atoms with Crippen molar-refractivity contribution in [3.8, 4) is 0 Å². The molecule has 31 heavy (non-hydrogen) atoms. The molecule has 1 aliphatic heterocycles. The van der Waals surface area contributed by atoms with Crippen LogP contribution in [0.1, 0.15) is 72.6 Å². The summed E-state index contributed by atoms with van der Waals surface area (Å²) in [7, 11) is 0. The summed E-state index contributed by atoms with van der Waals surface area (Å²) < 4.78 is 0. The van der Waals surface area contributed by atoms with E-state index in [1.165, 1.54) is 25.7 Å². The van der Waals surface area contributed by atoms with Crippen LogP contribution < -0.4 is 21.3 Å². The van der Waals surface area contributed by atoms with Gasteiger partial charge in [0, 0.05) is 43.9 Å². The standard InChI is InChI=1S/C22H43N7O2/c1-21(2)15-17(16-22(3,4)29-21)9-5-6-10-23-18-26-19(24-11-7-13-30)28-20(27-18)25-12-8-14-31/h17,29-31H,5-16H2,1-4H3,(H3,23,24,25,26,27,28). The van der Waals surface area contributed by atoms with E-state index in [9.17, 15) is 0 Å². The van der Waals surface area contributed by atoms with Crippen LogP contribution in [0.2, 0.25) is 0 Å². The Labute approximate surface area is 187 Å². The minimum atomic E-state index is 0.121. The van der Waals surface area contributed by atoms with Crippen molar-refractivity contribution < 1.29 is 10.2 Å². The van der Waals surface area contributed by atoms with Crippen LogP contribution in [0.4, 0.5) is 17.8 Å². The number of nitrogens with one attached hydrogen (secondary N) is 4. The number of unbranched alkanes of at least 4 members (excludes halogenated alkanes) is 1. The molecule has 0 atom stereocenters. The van der Waals surface area contributed by atoms with Crippen molar-refractivity contribution in [1.82, 2.24) is 20.3 Å². The Kier molecular flexibility index (Phi) is 10.2. The fourth-order valence-electron chi connectivity index (χ4n) is 4.67. The lowest BCUT2D eigenvalue weighted by Gasteiger charge is -2.46. The van der Waals surface area contributed by atoms with Crippen LogP contribution in [-0.2, 0) is 0 Å². The summed E-state index contributed by atoms with van der Waals surface area (Å²) in [6, 6.07) is 0. The minimum Gasteiger partial charge on any atom is -0.396 e. The second-order valence-electron chi connectivity index (χ2n) is 9.90. The largest absolute Gasteiger partial charge is 0.396 e. The summed E-state index contributed by atoms with van der Waals surface area (Å²) in [6.45, 7) is 11.5. The molecule has 9 heteroatoms. The van der Waals surface area contributed by atoms with Crippen LogP contribution in [0.15, 0.2) is 0 Å². The SMILES string of the molecule is CC1(C)CC(CCCCNc2nc(NCCCO)nc(NCCCO)n2)CC(C)(C)N1. The van der Waals surface area contributed by atoms with Gasteiger partial charge in [0.1, 0.15) is 0 Å². The van der Waals surface area contributed by atoms with Gasteiger partial charge in [0.2, 0.25) is 17.8 Å². The van der Waals surface area contributed by atoms with Gasteiger partial charge in [-0.15, -0.1) is 0 Å². The van der Waals surface area contributed by atoms with E-state index in [2.05, 4.69) is 63.9 Å². The first-order valence-electron chi connectivity index (χ1n) is 11.7. The van der Waals surface area contributed by atoms with E-state index >= 15 is 0 Å². The molecular weight excluding hydrogens is 394 g/mol. The summed E-state index contributed by atoms with van der Waals surface area (Å²) in [5.41, 5.74) is 0.406. The number of aliphatic hydroxyl groups excluding tert-OH is 2. The molecule has 0 radical (unpaired) electrons. The van der Waals surface area contributed by atoms with E-state index in [1.807, 2.05) is 0 Å². The number of hydrogen-bond acceptors (Lipinski definition) is 9. The molecule has 0 saturated carbocycles. The zero-order chi connectivity index (χ0) is 22.7. The van der Waals surface area contributed by atoms with Crippen molar-refractivity contribution in [3.05, 3.63) is 0 Å². The van der Waals surface area contributed by atoms with Gasteiger partial charge < -0.3 is 31.5 Å². The quantitative estimate of drug-likeness (QED) is 0.243. The van der Waals surface area contributed by atoms with Gasteiger partial charge in [0.15, 0.2) is 0 Å². The van der Waals surface area contributed by atoms with Crippen molar-refractivity contribution in [2.75, 3.05) is 48.8 Å². The van der Waals surface area contributed by atoms with Crippen molar-refractivity contribution in [2.45, 2.75) is 83.7 Å². The van der Waals surface area contributed by atoms with Crippen LogP contribution in [0.5, 0.6) is 0 Å². The highest BCUT2D eigenvalue weighted by Crippen LogP contribution is 2.35. The number of piperidine rings is 1. The molecule has 0 amide bonds. The van der Waals surface area contributed by atoms with Gasteiger partial charge in [-0.2, -0.15) is 15.0 Å². The Morgan fingerprint density at radius 2 is 1.16 bits per heavy atom. The fourth-order valence-corrected chi connectivity index (χ4v) is 4.67. The lowest BCUT2D eigenvalue weighted by Crippen LogP contribution is -2.57. The molecule has 1 fully saturated rings. The third-order valence-electron chi connectivity index (χ3n) is 5.47. The van der Waals surface area contributed by atoms with E-state index < -0.39 is 0 Å². The van der Waals surface area contributed by atoms with Crippen molar-refractivity contribution >= 4 is 17.8 Å². The molecule has 0 aromatic carbocycles. The zero-order valence-corrected chi connectivity index (χ0v) is 19.8. The number of nitrogens with zero attached hydrogens (tertiary/aromatic N) is 3. The Hall–Kier alpha value is -1.71. The Morgan fingerprint density at radius 3 is 1.58 bits per heavy atom. The summed E-state index contributed by atoms with van der Waals surface area (Å²) >= 11 is 0. The van der Waals surface area contributed by atoms with Gasteiger partial charge in [-0.25, -0.2) is 0 Å². The van der Waals surface area contributed by atoms with Crippen LogP contribution in [0, 0.1) is 5.92 Å². The lowest BCUT2D eigenvalue weighted by molar-refractivity contribution is 0.122. The molecule has 1 aromatic heterocycles. The highest BCUT2D eigenvalue weighted by atomic mass is 16.3. The second-order valence-corrected chi connectivity index (χ2v) is 9.90. The number of aromatic nitrogens is 3. The predicted molar refractivity (Wildman–Crippen MR) is 127 cm³/mol. The molecule has 1 saturated heterocycles. The van der Waals surface area contributed by atoms with Gasteiger partial charge in [-0.3, -0.25) is 0 Å². The normalized spacial score (nSPS) is 18.0. The van der Waals surface area contributed by atoms with Gasteiger partial charge in [0.25, 0.3) is 0 Å². The molecule has 2 rings (SSSR count). The molecule has 0 aliphatic carbocycles. The number of anilines is 3.